The number of carboxylic acids is 1. The fourth-order valence-electron chi connectivity index (χ4n) is 2.33. The normalized spacial score (nSPS) is 10.8. The van der Waals surface area contributed by atoms with E-state index < -0.39 is 5.97 Å². The highest BCUT2D eigenvalue weighted by Gasteiger charge is 2.10. The van der Waals surface area contributed by atoms with Crippen LogP contribution in [0.2, 0.25) is 0 Å². The number of halogens is 1. The molecule has 0 amide bonds. The summed E-state index contributed by atoms with van der Waals surface area (Å²) in [4.78, 5) is 11.0. The van der Waals surface area contributed by atoms with Crippen LogP contribution in [0.3, 0.4) is 0 Å². The van der Waals surface area contributed by atoms with Crippen LogP contribution in [0.5, 0.6) is 0 Å². The number of benzene rings is 2. The second-order valence-electron chi connectivity index (χ2n) is 4.62. The van der Waals surface area contributed by atoms with Gasteiger partial charge >= 0.3 is 5.97 Å². The van der Waals surface area contributed by atoms with Crippen molar-refractivity contribution in [3.8, 4) is 0 Å². The zero-order valence-electron chi connectivity index (χ0n) is 10.6. The van der Waals surface area contributed by atoms with E-state index in [4.69, 9.17) is 5.11 Å². The van der Waals surface area contributed by atoms with Gasteiger partial charge in [0.05, 0.1) is 10.2 Å². The molecule has 3 aromatic rings. The maximum atomic E-state index is 11.0. The molecule has 3 nitrogen and oxygen atoms in total. The Kier molecular flexibility index (Phi) is 3.32. The third-order valence-corrected chi connectivity index (χ3v) is 4.00. The van der Waals surface area contributed by atoms with Gasteiger partial charge in [0, 0.05) is 12.7 Å². The van der Waals surface area contributed by atoms with E-state index in [0.29, 0.717) is 6.54 Å². The number of nitrogens with zero attached hydrogens (tertiary/aromatic N) is 1. The van der Waals surface area contributed by atoms with Gasteiger partial charge in [-0.15, -0.1) is 0 Å². The molecular weight excluding hydrogens is 318 g/mol. The number of rotatable bonds is 3. The number of aromatic nitrogens is 1. The Labute approximate surface area is 124 Å². The van der Waals surface area contributed by atoms with Crippen molar-refractivity contribution < 1.29 is 9.90 Å². The molecule has 2 aromatic carbocycles. The smallest absolute Gasteiger partial charge is 0.337 e. The van der Waals surface area contributed by atoms with E-state index in [0.717, 1.165) is 10.2 Å². The fourth-order valence-corrected chi connectivity index (χ4v) is 2.80. The van der Waals surface area contributed by atoms with Gasteiger partial charge in [0.2, 0.25) is 0 Å². The van der Waals surface area contributed by atoms with E-state index in [-0.39, 0.29) is 5.56 Å². The molecule has 1 N–H and O–H groups in total. The molecule has 0 saturated carbocycles. The van der Waals surface area contributed by atoms with Crippen molar-refractivity contribution in [2.75, 3.05) is 0 Å². The van der Waals surface area contributed by atoms with Crippen LogP contribution in [0.25, 0.3) is 10.8 Å². The van der Waals surface area contributed by atoms with Crippen LogP contribution in [0.1, 0.15) is 15.9 Å². The lowest BCUT2D eigenvalue weighted by Crippen LogP contribution is -2.00. The van der Waals surface area contributed by atoms with Crippen LogP contribution < -0.4 is 0 Å². The number of fused-ring (bicyclic) bond motifs is 1. The first-order valence-electron chi connectivity index (χ1n) is 6.21. The second-order valence-corrected chi connectivity index (χ2v) is 5.44. The highest BCUT2D eigenvalue weighted by molar-refractivity contribution is 9.10. The van der Waals surface area contributed by atoms with Crippen LogP contribution in [0.4, 0.5) is 0 Å². The summed E-state index contributed by atoms with van der Waals surface area (Å²) in [5.41, 5.74) is 1.45. The standard InChI is InChI=1S/C16H12BrNO2/c17-15-8-13(16(19)20)10-18(15)9-12-6-3-5-11-4-1-2-7-14(11)12/h1-8,10H,9H2,(H,19,20). The molecule has 0 fully saturated rings. The predicted octanol–water partition coefficient (Wildman–Crippen LogP) is 4.15. The number of carboxylic acid groups (broad SMARTS) is 1. The minimum Gasteiger partial charge on any atom is -0.478 e. The first kappa shape index (κ1) is 12.9. The van der Waals surface area contributed by atoms with Gasteiger partial charge in [-0.1, -0.05) is 42.5 Å². The van der Waals surface area contributed by atoms with Crippen LogP contribution in [0.15, 0.2) is 59.3 Å². The van der Waals surface area contributed by atoms with Gasteiger partial charge in [-0.2, -0.15) is 0 Å². The van der Waals surface area contributed by atoms with Crippen LogP contribution in [-0.4, -0.2) is 15.6 Å². The minimum absolute atomic E-state index is 0.289. The van der Waals surface area contributed by atoms with E-state index in [1.807, 2.05) is 22.8 Å². The van der Waals surface area contributed by atoms with Crippen molar-refractivity contribution in [3.63, 3.8) is 0 Å². The molecule has 20 heavy (non-hydrogen) atoms. The Morgan fingerprint density at radius 3 is 2.65 bits per heavy atom. The van der Waals surface area contributed by atoms with E-state index in [9.17, 15) is 4.79 Å². The van der Waals surface area contributed by atoms with E-state index >= 15 is 0 Å². The second kappa shape index (κ2) is 5.13. The van der Waals surface area contributed by atoms with Gasteiger partial charge < -0.3 is 9.67 Å². The molecule has 0 aliphatic rings. The zero-order valence-corrected chi connectivity index (χ0v) is 12.2. The third kappa shape index (κ3) is 2.34. The number of carbonyl (C=O) groups is 1. The molecule has 100 valence electrons. The van der Waals surface area contributed by atoms with E-state index in [1.54, 1.807) is 12.3 Å². The highest BCUT2D eigenvalue weighted by atomic mass is 79.9. The quantitative estimate of drug-likeness (QED) is 0.784. The summed E-state index contributed by atoms with van der Waals surface area (Å²) in [5.74, 6) is -0.914. The molecule has 0 aliphatic heterocycles. The summed E-state index contributed by atoms with van der Waals surface area (Å²) in [6, 6.07) is 16.0. The Balaban J connectivity index is 2.03. The van der Waals surface area contributed by atoms with E-state index in [1.165, 1.54) is 10.8 Å². The molecule has 3 rings (SSSR count). The van der Waals surface area contributed by atoms with Gasteiger partial charge in [-0.25, -0.2) is 4.79 Å². The van der Waals surface area contributed by atoms with Crippen molar-refractivity contribution in [1.82, 2.24) is 4.57 Å². The molecule has 1 heterocycles. The summed E-state index contributed by atoms with van der Waals surface area (Å²) in [5, 5.41) is 11.4. The molecule has 0 bridgehead atoms. The maximum Gasteiger partial charge on any atom is 0.337 e. The average Bonchev–Trinajstić information content (AvgIpc) is 2.81. The third-order valence-electron chi connectivity index (χ3n) is 3.31. The minimum atomic E-state index is -0.914. The SMILES string of the molecule is O=C(O)c1cc(Br)n(Cc2cccc3ccccc23)c1. The lowest BCUT2D eigenvalue weighted by atomic mass is 10.0. The Hall–Kier alpha value is -2.07. The largest absolute Gasteiger partial charge is 0.478 e. The van der Waals surface area contributed by atoms with Crippen LogP contribution in [0, 0.1) is 0 Å². The van der Waals surface area contributed by atoms with Gasteiger partial charge in [-0.05, 0) is 38.3 Å². The van der Waals surface area contributed by atoms with Crippen molar-refractivity contribution in [2.45, 2.75) is 6.54 Å². The molecule has 0 aliphatic carbocycles. The zero-order chi connectivity index (χ0) is 14.1. The Morgan fingerprint density at radius 1 is 1.15 bits per heavy atom. The molecule has 4 heteroatoms. The topological polar surface area (TPSA) is 42.2 Å². The fraction of sp³-hybridized carbons (Fsp3) is 0.0625. The molecule has 0 atom stereocenters. The lowest BCUT2D eigenvalue weighted by Gasteiger charge is -2.08. The van der Waals surface area contributed by atoms with Crippen molar-refractivity contribution in [3.05, 3.63) is 70.5 Å². The van der Waals surface area contributed by atoms with Crippen molar-refractivity contribution in [1.29, 1.82) is 0 Å². The van der Waals surface area contributed by atoms with E-state index in [2.05, 4.69) is 40.2 Å². The van der Waals surface area contributed by atoms with Crippen molar-refractivity contribution >= 4 is 32.7 Å². The summed E-state index contributed by atoms with van der Waals surface area (Å²) in [6.45, 7) is 0.634. The molecule has 0 saturated heterocycles. The highest BCUT2D eigenvalue weighted by Crippen LogP contribution is 2.22. The first-order chi connectivity index (χ1) is 9.65. The number of hydrogen-bond donors (Lipinski definition) is 1. The Morgan fingerprint density at radius 2 is 1.90 bits per heavy atom. The summed E-state index contributed by atoms with van der Waals surface area (Å²) in [7, 11) is 0. The van der Waals surface area contributed by atoms with Gasteiger partial charge in [-0.3, -0.25) is 0 Å². The average molecular weight is 330 g/mol. The van der Waals surface area contributed by atoms with Crippen LogP contribution in [-0.2, 0) is 6.54 Å². The first-order valence-corrected chi connectivity index (χ1v) is 7.00. The molecule has 1 aromatic heterocycles. The van der Waals surface area contributed by atoms with Crippen LogP contribution >= 0.6 is 15.9 Å². The molecular formula is C16H12BrNO2. The Bertz CT molecular complexity index is 787. The molecule has 0 radical (unpaired) electrons. The van der Waals surface area contributed by atoms with Gasteiger partial charge in [0.1, 0.15) is 0 Å². The molecule has 0 unspecified atom stereocenters. The molecule has 0 spiro atoms. The number of hydrogen-bond acceptors (Lipinski definition) is 1. The summed E-state index contributed by atoms with van der Waals surface area (Å²) >= 11 is 3.41. The van der Waals surface area contributed by atoms with Crippen molar-refractivity contribution in [2.24, 2.45) is 0 Å². The predicted molar refractivity (Wildman–Crippen MR) is 82.1 cm³/mol. The van der Waals surface area contributed by atoms with Gasteiger partial charge in [0.25, 0.3) is 0 Å². The monoisotopic (exact) mass is 329 g/mol. The summed E-state index contributed by atoms with van der Waals surface area (Å²) < 4.78 is 2.66. The number of aromatic carboxylic acids is 1. The maximum absolute atomic E-state index is 11.0. The lowest BCUT2D eigenvalue weighted by molar-refractivity contribution is 0.0697. The summed E-state index contributed by atoms with van der Waals surface area (Å²) in [6.07, 6.45) is 1.65. The van der Waals surface area contributed by atoms with Gasteiger partial charge in [0.15, 0.2) is 0 Å².